The van der Waals surface area contributed by atoms with E-state index in [1.54, 1.807) is 12.1 Å². The van der Waals surface area contributed by atoms with E-state index in [4.69, 9.17) is 21.4 Å². The highest BCUT2D eigenvalue weighted by atomic mass is 35.5. The minimum absolute atomic E-state index is 0.215. The molecule has 152 valence electrons. The standard InChI is InChI=1S/C22H29ClN2O3/c1-22(27,10-11-24-12-14-25(15-13-24)16-17-26)18-2-6-20(7-3-18)28-21-8-4-19(23)5-9-21/h2-9,26-27H,10-17H2,1H3. The molecule has 1 aliphatic rings. The molecule has 1 heterocycles. The topological polar surface area (TPSA) is 56.2 Å². The van der Waals surface area contributed by atoms with Gasteiger partial charge in [0.25, 0.3) is 0 Å². The summed E-state index contributed by atoms with van der Waals surface area (Å²) in [5.41, 5.74) is -0.00372. The van der Waals surface area contributed by atoms with Crippen LogP contribution in [0.25, 0.3) is 0 Å². The van der Waals surface area contributed by atoms with Gasteiger partial charge in [-0.05, 0) is 55.3 Å². The Labute approximate surface area is 172 Å². The minimum atomic E-state index is -0.888. The molecule has 0 radical (unpaired) electrons. The van der Waals surface area contributed by atoms with Crippen molar-refractivity contribution in [1.82, 2.24) is 9.80 Å². The van der Waals surface area contributed by atoms with E-state index in [9.17, 15) is 5.11 Å². The lowest BCUT2D eigenvalue weighted by molar-refractivity contribution is 0.0274. The number of benzene rings is 2. The van der Waals surface area contributed by atoms with E-state index in [-0.39, 0.29) is 6.61 Å². The van der Waals surface area contributed by atoms with Crippen LogP contribution in [-0.4, -0.2) is 65.9 Å². The van der Waals surface area contributed by atoms with Gasteiger partial charge in [-0.15, -0.1) is 0 Å². The van der Waals surface area contributed by atoms with E-state index in [0.29, 0.717) is 11.4 Å². The van der Waals surface area contributed by atoms with Crippen LogP contribution < -0.4 is 4.74 Å². The maximum atomic E-state index is 10.9. The van der Waals surface area contributed by atoms with Gasteiger partial charge in [-0.3, -0.25) is 4.90 Å². The second-order valence-corrected chi connectivity index (χ2v) is 7.95. The van der Waals surface area contributed by atoms with E-state index in [2.05, 4.69) is 9.80 Å². The maximum absolute atomic E-state index is 10.9. The van der Waals surface area contributed by atoms with Gasteiger partial charge in [-0.25, -0.2) is 0 Å². The Morgan fingerprint density at radius 2 is 1.39 bits per heavy atom. The molecule has 1 saturated heterocycles. The first-order chi connectivity index (χ1) is 13.5. The van der Waals surface area contributed by atoms with Crippen molar-refractivity contribution in [2.75, 3.05) is 45.9 Å². The summed E-state index contributed by atoms with van der Waals surface area (Å²) in [4.78, 5) is 4.65. The monoisotopic (exact) mass is 404 g/mol. The van der Waals surface area contributed by atoms with Gasteiger partial charge >= 0.3 is 0 Å². The van der Waals surface area contributed by atoms with Gasteiger partial charge in [-0.2, -0.15) is 0 Å². The molecule has 1 unspecified atom stereocenters. The summed E-state index contributed by atoms with van der Waals surface area (Å²) in [5.74, 6) is 1.45. The van der Waals surface area contributed by atoms with Crippen molar-refractivity contribution in [2.24, 2.45) is 0 Å². The van der Waals surface area contributed by atoms with Crippen molar-refractivity contribution in [3.8, 4) is 11.5 Å². The third kappa shape index (κ3) is 5.93. The van der Waals surface area contributed by atoms with Crippen LogP contribution in [0, 0.1) is 0 Å². The van der Waals surface area contributed by atoms with Crippen molar-refractivity contribution in [3.63, 3.8) is 0 Å². The summed E-state index contributed by atoms with van der Waals surface area (Å²) in [6.07, 6.45) is 0.671. The van der Waals surface area contributed by atoms with Crippen LogP contribution in [0.3, 0.4) is 0 Å². The molecule has 0 aliphatic carbocycles. The molecule has 0 amide bonds. The number of β-amino-alcohol motifs (C(OH)–C–C–N with tert-alkyl or cyclic N) is 1. The van der Waals surface area contributed by atoms with E-state index in [1.165, 1.54) is 0 Å². The number of aliphatic hydroxyl groups excluding tert-OH is 1. The number of hydrogen-bond donors (Lipinski definition) is 2. The first-order valence-corrected chi connectivity index (χ1v) is 10.2. The molecule has 1 aliphatic heterocycles. The number of piperazine rings is 1. The number of hydrogen-bond acceptors (Lipinski definition) is 5. The molecule has 3 rings (SSSR count). The van der Waals surface area contributed by atoms with Crippen molar-refractivity contribution in [2.45, 2.75) is 18.9 Å². The Kier molecular flexibility index (Phi) is 7.32. The highest BCUT2D eigenvalue weighted by molar-refractivity contribution is 6.30. The molecule has 0 saturated carbocycles. The van der Waals surface area contributed by atoms with Gasteiger partial charge in [0.05, 0.1) is 12.2 Å². The van der Waals surface area contributed by atoms with Gasteiger partial charge in [0, 0.05) is 44.3 Å². The second kappa shape index (κ2) is 9.72. The predicted molar refractivity (Wildman–Crippen MR) is 112 cm³/mol. The van der Waals surface area contributed by atoms with E-state index < -0.39 is 5.60 Å². The molecule has 0 bridgehead atoms. The molecule has 5 nitrogen and oxygen atoms in total. The zero-order chi connectivity index (χ0) is 20.0. The van der Waals surface area contributed by atoms with Crippen LogP contribution in [0.2, 0.25) is 5.02 Å². The Hall–Kier alpha value is -1.63. The fourth-order valence-corrected chi connectivity index (χ4v) is 3.54. The Bertz CT molecular complexity index is 726. The largest absolute Gasteiger partial charge is 0.457 e. The number of rotatable bonds is 8. The number of nitrogens with zero attached hydrogens (tertiary/aromatic N) is 2. The van der Waals surface area contributed by atoms with Crippen molar-refractivity contribution in [3.05, 3.63) is 59.1 Å². The summed E-state index contributed by atoms with van der Waals surface area (Å²) in [6, 6.07) is 14.8. The van der Waals surface area contributed by atoms with Gasteiger partial charge in [-0.1, -0.05) is 23.7 Å². The molecule has 0 spiro atoms. The average molecular weight is 405 g/mol. The molecule has 1 atom stereocenters. The van der Waals surface area contributed by atoms with E-state index in [1.807, 2.05) is 43.3 Å². The van der Waals surface area contributed by atoms with Crippen LogP contribution in [0.15, 0.2) is 48.5 Å². The van der Waals surface area contributed by atoms with E-state index in [0.717, 1.165) is 56.3 Å². The highest BCUT2D eigenvalue weighted by Gasteiger charge is 2.25. The average Bonchev–Trinajstić information content (AvgIpc) is 2.70. The zero-order valence-electron chi connectivity index (χ0n) is 16.4. The smallest absolute Gasteiger partial charge is 0.127 e. The fourth-order valence-electron chi connectivity index (χ4n) is 3.42. The molecular formula is C22H29ClN2O3. The van der Waals surface area contributed by atoms with Crippen LogP contribution in [-0.2, 0) is 5.60 Å². The lowest BCUT2D eigenvalue weighted by Crippen LogP contribution is -2.48. The third-order valence-electron chi connectivity index (χ3n) is 5.32. The summed E-state index contributed by atoms with van der Waals surface area (Å²) in [6.45, 7) is 7.57. The normalized spacial score (nSPS) is 18.0. The number of aliphatic hydroxyl groups is 2. The van der Waals surface area contributed by atoms with Crippen molar-refractivity contribution >= 4 is 11.6 Å². The summed E-state index contributed by atoms with van der Waals surface area (Å²) >= 11 is 5.89. The van der Waals surface area contributed by atoms with E-state index >= 15 is 0 Å². The number of ether oxygens (including phenoxy) is 1. The summed E-state index contributed by atoms with van der Waals surface area (Å²) in [5, 5.41) is 20.6. The van der Waals surface area contributed by atoms with Gasteiger partial charge < -0.3 is 19.8 Å². The van der Waals surface area contributed by atoms with Crippen LogP contribution in [0.4, 0.5) is 0 Å². The molecule has 2 aromatic rings. The van der Waals surface area contributed by atoms with Crippen LogP contribution in [0.1, 0.15) is 18.9 Å². The highest BCUT2D eigenvalue weighted by Crippen LogP contribution is 2.29. The maximum Gasteiger partial charge on any atom is 0.127 e. The molecule has 28 heavy (non-hydrogen) atoms. The van der Waals surface area contributed by atoms with Crippen LogP contribution >= 0.6 is 11.6 Å². The van der Waals surface area contributed by atoms with Gasteiger partial charge in [0.1, 0.15) is 11.5 Å². The minimum Gasteiger partial charge on any atom is -0.457 e. The van der Waals surface area contributed by atoms with Gasteiger partial charge in [0.2, 0.25) is 0 Å². The lowest BCUT2D eigenvalue weighted by atomic mass is 9.92. The molecule has 2 N–H and O–H groups in total. The Morgan fingerprint density at radius 1 is 0.893 bits per heavy atom. The molecule has 0 aromatic heterocycles. The SMILES string of the molecule is CC(O)(CCN1CCN(CCO)CC1)c1ccc(Oc2ccc(Cl)cc2)cc1. The quantitative estimate of drug-likeness (QED) is 0.706. The van der Waals surface area contributed by atoms with Gasteiger partial charge in [0.15, 0.2) is 0 Å². The number of halogens is 1. The van der Waals surface area contributed by atoms with Crippen molar-refractivity contribution < 1.29 is 14.9 Å². The predicted octanol–water partition coefficient (Wildman–Crippen LogP) is 3.34. The second-order valence-electron chi connectivity index (χ2n) is 7.51. The molecule has 2 aromatic carbocycles. The molecular weight excluding hydrogens is 376 g/mol. The summed E-state index contributed by atoms with van der Waals surface area (Å²) in [7, 11) is 0. The summed E-state index contributed by atoms with van der Waals surface area (Å²) < 4.78 is 5.82. The molecule has 1 fully saturated rings. The Balaban J connectivity index is 1.51. The first-order valence-electron chi connectivity index (χ1n) is 9.78. The third-order valence-corrected chi connectivity index (χ3v) is 5.57. The first kappa shape index (κ1) is 21.1. The fraction of sp³-hybridized carbons (Fsp3) is 0.455. The van der Waals surface area contributed by atoms with Crippen molar-refractivity contribution in [1.29, 1.82) is 0 Å². The lowest BCUT2D eigenvalue weighted by Gasteiger charge is -2.36. The Morgan fingerprint density at radius 3 is 1.93 bits per heavy atom. The van der Waals surface area contributed by atoms with Crippen LogP contribution in [0.5, 0.6) is 11.5 Å². The molecule has 6 heteroatoms. The zero-order valence-corrected chi connectivity index (χ0v) is 17.1.